The summed E-state index contributed by atoms with van der Waals surface area (Å²) in [6.45, 7) is 22.1. The van der Waals surface area contributed by atoms with E-state index < -0.39 is 56.3 Å². The smallest absolute Gasteiger partial charge is 0.344 e. The number of hydrogen-bond donors (Lipinski definition) is 3. The monoisotopic (exact) mass is 1100 g/mol. The molecule has 0 spiro atoms. The molecule has 6 aromatic carbocycles. The maximum Gasteiger partial charge on any atom is 0.344 e. The minimum Gasteiger partial charge on any atom is -0.482 e. The largest absolute Gasteiger partial charge is 0.482 e. The fourth-order valence-electron chi connectivity index (χ4n) is 10.1. The third-order valence-electron chi connectivity index (χ3n) is 14.0. The highest BCUT2D eigenvalue weighted by Gasteiger charge is 2.29. The Morgan fingerprint density at radius 2 is 0.923 bits per heavy atom. The molecule has 2 unspecified atom stereocenters. The second-order valence-corrected chi connectivity index (χ2v) is 27.2. The van der Waals surface area contributed by atoms with E-state index in [-0.39, 0.29) is 27.2 Å². The summed E-state index contributed by atoms with van der Waals surface area (Å²) in [6.07, 6.45) is 6.30. The van der Waals surface area contributed by atoms with Crippen LogP contribution in [-0.2, 0) is 58.0 Å². The molecule has 3 N–H and O–H groups in total. The predicted octanol–water partition coefficient (Wildman–Crippen LogP) is 13.6. The fraction of sp³-hybridized carbons (Fsp3) is 0.406. The van der Waals surface area contributed by atoms with E-state index in [2.05, 4.69) is 101 Å². The lowest BCUT2D eigenvalue weighted by Crippen LogP contribution is -2.29. The van der Waals surface area contributed by atoms with Gasteiger partial charge in [-0.25, -0.2) is 35.9 Å². The second-order valence-electron chi connectivity index (χ2n) is 23.8. The van der Waals surface area contributed by atoms with Crippen molar-refractivity contribution in [2.75, 3.05) is 13.2 Å². The summed E-state index contributed by atoms with van der Waals surface area (Å²) in [7, 11) is -7.56. The minimum absolute atomic E-state index is 0.0154. The van der Waals surface area contributed by atoms with E-state index >= 15 is 0 Å². The Bertz CT molecular complexity index is 3330. The molecule has 2 aliphatic rings. The molecule has 6 aromatic rings. The van der Waals surface area contributed by atoms with Gasteiger partial charge in [0.05, 0.1) is 9.79 Å². The zero-order valence-corrected chi connectivity index (χ0v) is 48.8. The highest BCUT2D eigenvalue weighted by molar-refractivity contribution is 7.89. The Morgan fingerprint density at radius 1 is 0.526 bits per heavy atom. The zero-order chi connectivity index (χ0) is 56.8. The molecule has 0 saturated heterocycles. The normalized spacial score (nSPS) is 16.0. The summed E-state index contributed by atoms with van der Waals surface area (Å²) in [5, 5.41) is 9.00. The summed E-state index contributed by atoms with van der Waals surface area (Å²) in [5.41, 5.74) is 11.9. The first-order valence-corrected chi connectivity index (χ1v) is 30.0. The van der Waals surface area contributed by atoms with E-state index in [0.29, 0.717) is 30.8 Å². The van der Waals surface area contributed by atoms with Crippen molar-refractivity contribution in [3.8, 4) is 33.8 Å². The Kier molecular flexibility index (Phi) is 18.5. The van der Waals surface area contributed by atoms with Gasteiger partial charge in [0, 0.05) is 12.1 Å². The summed E-state index contributed by atoms with van der Waals surface area (Å²) >= 11 is 0. The highest BCUT2D eigenvalue weighted by atomic mass is 32.2. The third-order valence-corrected chi connectivity index (χ3v) is 17.0. The number of aryl methyl sites for hydroxylation is 2. The lowest BCUT2D eigenvalue weighted by atomic mass is 9.84. The number of esters is 1. The molecule has 0 saturated carbocycles. The highest BCUT2D eigenvalue weighted by Crippen LogP contribution is 2.38. The Labute approximate surface area is 463 Å². The average molecular weight is 1100 g/mol. The van der Waals surface area contributed by atoms with Gasteiger partial charge in [0.2, 0.25) is 20.0 Å². The molecule has 12 nitrogen and oxygen atoms in total. The van der Waals surface area contributed by atoms with Crippen molar-refractivity contribution < 1.29 is 45.7 Å². The van der Waals surface area contributed by atoms with Gasteiger partial charge in [-0.3, -0.25) is 0 Å². The van der Waals surface area contributed by atoms with E-state index in [0.717, 1.165) is 76.6 Å². The van der Waals surface area contributed by atoms with Crippen LogP contribution < -0.4 is 18.9 Å². The third kappa shape index (κ3) is 15.7. The van der Waals surface area contributed by atoms with Gasteiger partial charge >= 0.3 is 11.9 Å². The van der Waals surface area contributed by atoms with Gasteiger partial charge in [-0.05, 0) is 176 Å². The van der Waals surface area contributed by atoms with Crippen LogP contribution in [0.3, 0.4) is 0 Å². The van der Waals surface area contributed by atoms with Crippen molar-refractivity contribution in [2.45, 2.75) is 166 Å². The van der Waals surface area contributed by atoms with Gasteiger partial charge < -0.3 is 19.3 Å². The first-order chi connectivity index (χ1) is 36.6. The maximum absolute atomic E-state index is 13.5. The molecule has 0 aliphatic heterocycles. The summed E-state index contributed by atoms with van der Waals surface area (Å²) in [6, 6.07) is 37.3. The molecular formula is C64H78N2O10S2. The van der Waals surface area contributed by atoms with Gasteiger partial charge in [0.25, 0.3) is 0 Å². The van der Waals surface area contributed by atoms with Crippen molar-refractivity contribution in [3.63, 3.8) is 0 Å². The molecule has 0 aromatic heterocycles. The average Bonchev–Trinajstić information content (AvgIpc) is 3.70. The van der Waals surface area contributed by atoms with Gasteiger partial charge in [-0.2, -0.15) is 0 Å². The second kappa shape index (κ2) is 24.4. The van der Waals surface area contributed by atoms with E-state index in [1.54, 1.807) is 36.4 Å². The van der Waals surface area contributed by atoms with Gasteiger partial charge in [0.15, 0.2) is 13.2 Å². The van der Waals surface area contributed by atoms with Crippen LogP contribution in [0.4, 0.5) is 0 Å². The molecule has 78 heavy (non-hydrogen) atoms. The fourth-order valence-corrected chi connectivity index (χ4v) is 12.6. The van der Waals surface area contributed by atoms with E-state index in [1.165, 1.54) is 22.3 Å². The van der Waals surface area contributed by atoms with Crippen LogP contribution >= 0.6 is 0 Å². The molecule has 0 amide bonds. The number of ether oxygens (including phenoxy) is 3. The number of benzene rings is 6. The Hall–Kier alpha value is -6.32. The number of sulfonamides is 2. The molecule has 0 fully saturated rings. The summed E-state index contributed by atoms with van der Waals surface area (Å²) in [4.78, 5) is 23.7. The molecule has 2 aliphatic carbocycles. The number of fused-ring (bicyclic) bond motifs is 2. The van der Waals surface area contributed by atoms with Crippen LogP contribution in [0.25, 0.3) is 22.3 Å². The number of carboxylic acids is 1. The number of carboxylic acid groups (broad SMARTS) is 1. The number of rotatable bonds is 14. The molecule has 416 valence electrons. The molecule has 0 radical (unpaired) electrons. The first kappa shape index (κ1) is 59.3. The van der Waals surface area contributed by atoms with Crippen LogP contribution in [0.5, 0.6) is 11.5 Å². The SMILES string of the molecule is Cc1cc(-c2ccc(S(=O)(=O)NC3CCCCc4c(OCC(=O)O)cccc43)cc2)cc(C(C)(C)C)c1.Cc1cc(-c2ccc(S(=O)(=O)NC3CCCCc4c(OCC(=O)OC(C)(C)C)cccc43)cc2)cc(C(C)(C)C)c1. The van der Waals surface area contributed by atoms with Gasteiger partial charge in [-0.1, -0.05) is 150 Å². The molecule has 0 heterocycles. The molecule has 14 heteroatoms. The lowest BCUT2D eigenvalue weighted by Gasteiger charge is -2.22. The van der Waals surface area contributed by atoms with Crippen LogP contribution in [0, 0.1) is 13.8 Å². The van der Waals surface area contributed by atoms with Crippen LogP contribution in [0.2, 0.25) is 0 Å². The van der Waals surface area contributed by atoms with Crippen LogP contribution in [-0.4, -0.2) is 52.7 Å². The van der Waals surface area contributed by atoms with E-state index in [1.807, 2.05) is 69.3 Å². The number of hydrogen-bond acceptors (Lipinski definition) is 9. The van der Waals surface area contributed by atoms with E-state index in [4.69, 9.17) is 19.3 Å². The van der Waals surface area contributed by atoms with Gasteiger partial charge in [-0.15, -0.1) is 0 Å². The summed E-state index contributed by atoms with van der Waals surface area (Å²) in [5.74, 6) is -0.392. The molecule has 2 atom stereocenters. The lowest BCUT2D eigenvalue weighted by molar-refractivity contribution is -0.157. The van der Waals surface area contributed by atoms with Crippen molar-refractivity contribution in [3.05, 3.63) is 166 Å². The van der Waals surface area contributed by atoms with Crippen molar-refractivity contribution in [1.29, 1.82) is 0 Å². The quantitative estimate of drug-likeness (QED) is 0.0703. The van der Waals surface area contributed by atoms with Crippen molar-refractivity contribution >= 4 is 32.0 Å². The Morgan fingerprint density at radius 3 is 1.29 bits per heavy atom. The van der Waals surface area contributed by atoms with Crippen LogP contribution in [0.1, 0.15) is 157 Å². The topological polar surface area (TPSA) is 174 Å². The number of aliphatic carboxylic acids is 1. The minimum atomic E-state index is -3.78. The van der Waals surface area contributed by atoms with Gasteiger partial charge in [0.1, 0.15) is 17.1 Å². The summed E-state index contributed by atoms with van der Waals surface area (Å²) < 4.78 is 76.5. The molecule has 0 bridgehead atoms. The number of carbonyl (C=O) groups is 2. The van der Waals surface area contributed by atoms with Crippen molar-refractivity contribution in [1.82, 2.24) is 9.44 Å². The molecule has 8 rings (SSSR count). The zero-order valence-electron chi connectivity index (χ0n) is 47.2. The maximum atomic E-state index is 13.5. The predicted molar refractivity (Wildman–Crippen MR) is 309 cm³/mol. The van der Waals surface area contributed by atoms with E-state index in [9.17, 15) is 26.4 Å². The molecular weight excluding hydrogens is 1020 g/mol. The standard InChI is InChI=1S/C34H43NO5S.C30H35NO5S/c1-23-19-25(21-26(20-23)33(2,3)4)24-15-17-27(18-16-24)41(37,38)35-30-13-9-8-11-29-28(30)12-10-14-31(29)39-22-32(36)40-34(5,6)7;1-20-16-22(18-23(17-20)30(2,3)4)21-12-14-24(15-13-21)37(34,35)31-27-10-6-5-8-26-25(27)9-7-11-28(26)36-19-29(32)33/h10,12,14-21,30,35H,8-9,11,13,22H2,1-7H3;7,9,11-18,27,31H,5-6,8,10,19H2,1-4H3,(H,32,33). The number of nitrogens with one attached hydrogen (secondary N) is 2. The Balaban J connectivity index is 0.000000227. The first-order valence-electron chi connectivity index (χ1n) is 27.0. The van der Waals surface area contributed by atoms with Crippen LogP contribution in [0.15, 0.2) is 131 Å². The van der Waals surface area contributed by atoms with Crippen molar-refractivity contribution in [2.24, 2.45) is 0 Å². The number of carbonyl (C=O) groups excluding carboxylic acids is 1.